The van der Waals surface area contributed by atoms with Crippen molar-refractivity contribution in [2.45, 2.75) is 39.2 Å². The van der Waals surface area contributed by atoms with Gasteiger partial charge in [0.05, 0.1) is 5.41 Å². The predicted molar refractivity (Wildman–Crippen MR) is 89.9 cm³/mol. The van der Waals surface area contributed by atoms with Gasteiger partial charge in [0, 0.05) is 25.7 Å². The summed E-state index contributed by atoms with van der Waals surface area (Å²) in [6, 6.07) is 7.60. The molecule has 0 bridgehead atoms. The van der Waals surface area contributed by atoms with Gasteiger partial charge in [-0.3, -0.25) is 9.59 Å². The van der Waals surface area contributed by atoms with Crippen LogP contribution in [-0.2, 0) is 16.1 Å². The maximum Gasteiger partial charge on any atom is 0.228 e. The van der Waals surface area contributed by atoms with Crippen molar-refractivity contribution in [1.82, 2.24) is 10.6 Å². The fourth-order valence-electron chi connectivity index (χ4n) is 3.96. The number of hydrogen-bond acceptors (Lipinski definition) is 3. The van der Waals surface area contributed by atoms with E-state index in [1.54, 1.807) is 0 Å². The van der Waals surface area contributed by atoms with Crippen LogP contribution in [0.5, 0.6) is 0 Å². The van der Waals surface area contributed by atoms with Crippen LogP contribution in [0.2, 0.25) is 0 Å². The van der Waals surface area contributed by atoms with E-state index in [9.17, 15) is 9.59 Å². The first-order valence-corrected chi connectivity index (χ1v) is 8.46. The summed E-state index contributed by atoms with van der Waals surface area (Å²) in [6.45, 7) is 3.81. The van der Waals surface area contributed by atoms with Crippen molar-refractivity contribution in [3.63, 3.8) is 0 Å². The van der Waals surface area contributed by atoms with Gasteiger partial charge in [0.25, 0.3) is 0 Å². The summed E-state index contributed by atoms with van der Waals surface area (Å²) in [5, 5.41) is 9.28. The largest absolute Gasteiger partial charge is 0.351 e. The maximum atomic E-state index is 12.8. The summed E-state index contributed by atoms with van der Waals surface area (Å²) in [6.07, 6.45) is 4.55. The molecule has 0 spiro atoms. The molecule has 5 heteroatoms. The van der Waals surface area contributed by atoms with E-state index in [4.69, 9.17) is 0 Å². The van der Waals surface area contributed by atoms with E-state index in [0.717, 1.165) is 43.6 Å². The number of carbonyl (C=O) groups excluding carboxylic acids is 2. The normalized spacial score (nSPS) is 26.4. The molecule has 3 rings (SSSR count). The van der Waals surface area contributed by atoms with Crippen LogP contribution < -0.4 is 16.0 Å². The van der Waals surface area contributed by atoms with Gasteiger partial charge in [-0.2, -0.15) is 0 Å². The van der Waals surface area contributed by atoms with Crippen molar-refractivity contribution in [1.29, 1.82) is 0 Å². The molecule has 2 fully saturated rings. The number of hydrogen-bond donors (Lipinski definition) is 3. The van der Waals surface area contributed by atoms with E-state index in [1.165, 1.54) is 13.3 Å². The van der Waals surface area contributed by atoms with Gasteiger partial charge in [-0.15, -0.1) is 0 Å². The zero-order valence-corrected chi connectivity index (χ0v) is 13.7. The Kier molecular flexibility index (Phi) is 4.66. The van der Waals surface area contributed by atoms with Crippen LogP contribution in [0.3, 0.4) is 0 Å². The molecule has 5 nitrogen and oxygen atoms in total. The van der Waals surface area contributed by atoms with Crippen LogP contribution in [0.4, 0.5) is 5.69 Å². The van der Waals surface area contributed by atoms with E-state index < -0.39 is 0 Å². The SMILES string of the molecule is CC(=O)Nc1ccc(CNC(=O)[C@@]23CCCC[C@H]2CNC3)cc1. The molecule has 1 saturated heterocycles. The van der Waals surface area contributed by atoms with Crippen LogP contribution in [0.25, 0.3) is 0 Å². The highest BCUT2D eigenvalue weighted by Gasteiger charge is 2.49. The van der Waals surface area contributed by atoms with Gasteiger partial charge in [0.2, 0.25) is 11.8 Å². The Morgan fingerprint density at radius 3 is 2.78 bits per heavy atom. The van der Waals surface area contributed by atoms with E-state index in [-0.39, 0.29) is 17.2 Å². The molecule has 1 aliphatic heterocycles. The first-order chi connectivity index (χ1) is 11.1. The molecule has 1 aromatic carbocycles. The Morgan fingerprint density at radius 1 is 1.26 bits per heavy atom. The highest BCUT2D eigenvalue weighted by molar-refractivity contribution is 5.88. The summed E-state index contributed by atoms with van der Waals surface area (Å²) in [5.41, 5.74) is 1.62. The molecular weight excluding hydrogens is 290 g/mol. The lowest BCUT2D eigenvalue weighted by Gasteiger charge is -2.37. The van der Waals surface area contributed by atoms with Crippen LogP contribution >= 0.6 is 0 Å². The van der Waals surface area contributed by atoms with Gasteiger partial charge in [-0.25, -0.2) is 0 Å². The topological polar surface area (TPSA) is 70.2 Å². The lowest BCUT2D eigenvalue weighted by atomic mass is 9.67. The molecule has 3 N–H and O–H groups in total. The van der Waals surface area contributed by atoms with Crippen LogP contribution in [0, 0.1) is 11.3 Å². The van der Waals surface area contributed by atoms with Crippen LogP contribution in [0.1, 0.15) is 38.2 Å². The molecular formula is C18H25N3O2. The summed E-state index contributed by atoms with van der Waals surface area (Å²) >= 11 is 0. The Balaban J connectivity index is 1.59. The molecule has 1 heterocycles. The van der Waals surface area contributed by atoms with Crippen molar-refractivity contribution in [2.24, 2.45) is 11.3 Å². The summed E-state index contributed by atoms with van der Waals surface area (Å²) in [7, 11) is 0. The Bertz CT molecular complexity index is 584. The number of rotatable bonds is 4. The van der Waals surface area contributed by atoms with Gasteiger partial charge >= 0.3 is 0 Å². The quantitative estimate of drug-likeness (QED) is 0.796. The third kappa shape index (κ3) is 3.39. The number of fused-ring (bicyclic) bond motifs is 1. The molecule has 2 atom stereocenters. The smallest absolute Gasteiger partial charge is 0.228 e. The summed E-state index contributed by atoms with van der Waals surface area (Å²) < 4.78 is 0. The zero-order chi connectivity index (χ0) is 16.3. The molecule has 1 saturated carbocycles. The van der Waals surface area contributed by atoms with Gasteiger partial charge in [-0.05, 0) is 43.0 Å². The first kappa shape index (κ1) is 16.0. The highest BCUT2D eigenvalue weighted by Crippen LogP contribution is 2.43. The molecule has 0 radical (unpaired) electrons. The Morgan fingerprint density at radius 2 is 2.04 bits per heavy atom. The van der Waals surface area contributed by atoms with Crippen molar-refractivity contribution in [3.05, 3.63) is 29.8 Å². The minimum Gasteiger partial charge on any atom is -0.351 e. The van der Waals surface area contributed by atoms with Gasteiger partial charge in [0.1, 0.15) is 0 Å². The van der Waals surface area contributed by atoms with Gasteiger partial charge in [-0.1, -0.05) is 25.0 Å². The Labute approximate surface area is 137 Å². The average Bonchev–Trinajstić information content (AvgIpc) is 2.98. The van der Waals surface area contributed by atoms with Crippen molar-refractivity contribution in [3.8, 4) is 0 Å². The third-order valence-corrected chi connectivity index (χ3v) is 5.22. The second-order valence-electron chi connectivity index (χ2n) is 6.79. The number of anilines is 1. The second-order valence-corrected chi connectivity index (χ2v) is 6.79. The molecule has 2 aliphatic rings. The number of nitrogens with one attached hydrogen (secondary N) is 3. The lowest BCUT2D eigenvalue weighted by Crippen LogP contribution is -2.47. The average molecular weight is 315 g/mol. The van der Waals surface area contributed by atoms with E-state index >= 15 is 0 Å². The van der Waals surface area contributed by atoms with E-state index in [0.29, 0.717) is 12.5 Å². The molecule has 23 heavy (non-hydrogen) atoms. The van der Waals surface area contributed by atoms with Gasteiger partial charge < -0.3 is 16.0 Å². The second kappa shape index (κ2) is 6.71. The predicted octanol–water partition coefficient (Wildman–Crippen LogP) is 2.04. The van der Waals surface area contributed by atoms with Crippen molar-refractivity contribution < 1.29 is 9.59 Å². The zero-order valence-electron chi connectivity index (χ0n) is 13.7. The highest BCUT2D eigenvalue weighted by atomic mass is 16.2. The Hall–Kier alpha value is -1.88. The summed E-state index contributed by atoms with van der Waals surface area (Å²) in [5.74, 6) is 0.596. The molecule has 0 aromatic heterocycles. The van der Waals surface area contributed by atoms with Crippen molar-refractivity contribution >= 4 is 17.5 Å². The lowest BCUT2D eigenvalue weighted by molar-refractivity contribution is -0.134. The van der Waals surface area contributed by atoms with Crippen LogP contribution in [-0.4, -0.2) is 24.9 Å². The maximum absolute atomic E-state index is 12.8. The standard InChI is InChI=1S/C18H25N3O2/c1-13(22)21-16-7-5-14(6-8-16)10-20-17(23)18-9-3-2-4-15(18)11-19-12-18/h5-8,15,19H,2-4,9-12H2,1H3,(H,20,23)(H,21,22)/t15-,18+/m0/s1. The van der Waals surface area contributed by atoms with Crippen molar-refractivity contribution in [2.75, 3.05) is 18.4 Å². The fraction of sp³-hybridized carbons (Fsp3) is 0.556. The monoisotopic (exact) mass is 315 g/mol. The minimum absolute atomic E-state index is 0.0813. The fourth-order valence-corrected chi connectivity index (χ4v) is 3.96. The number of benzene rings is 1. The number of amides is 2. The summed E-state index contributed by atoms with van der Waals surface area (Å²) in [4.78, 5) is 23.8. The molecule has 2 amide bonds. The molecule has 0 unspecified atom stereocenters. The number of carbonyl (C=O) groups is 2. The minimum atomic E-state index is -0.200. The molecule has 1 aromatic rings. The van der Waals surface area contributed by atoms with E-state index in [2.05, 4.69) is 16.0 Å². The van der Waals surface area contributed by atoms with Crippen LogP contribution in [0.15, 0.2) is 24.3 Å². The van der Waals surface area contributed by atoms with Gasteiger partial charge in [0.15, 0.2) is 0 Å². The molecule has 124 valence electrons. The molecule has 1 aliphatic carbocycles. The third-order valence-electron chi connectivity index (χ3n) is 5.22. The van der Waals surface area contributed by atoms with E-state index in [1.807, 2.05) is 24.3 Å². The first-order valence-electron chi connectivity index (χ1n) is 8.46.